The van der Waals surface area contributed by atoms with Gasteiger partial charge in [-0.15, -0.1) is 0 Å². The summed E-state index contributed by atoms with van der Waals surface area (Å²) in [5, 5.41) is 0.861. The molecule has 0 aromatic heterocycles. The van der Waals surface area contributed by atoms with Crippen LogP contribution in [0.3, 0.4) is 0 Å². The summed E-state index contributed by atoms with van der Waals surface area (Å²) >= 11 is 5.53. The molecule has 0 saturated heterocycles. The zero-order valence-electron chi connectivity index (χ0n) is 10.7. The quantitative estimate of drug-likeness (QED) is 0.640. The highest BCUT2D eigenvalue weighted by atomic mass is 35.5. The van der Waals surface area contributed by atoms with Crippen LogP contribution < -0.4 is 14.8 Å². The Morgan fingerprint density at radius 3 is 2.18 bits per heavy atom. The minimum Gasteiger partial charge on any atom is -0.366 e. The van der Waals surface area contributed by atoms with Crippen LogP contribution in [-0.4, -0.2) is 17.0 Å². The molecule has 0 saturated carbocycles. The van der Waals surface area contributed by atoms with Gasteiger partial charge in [-0.05, 0) is 51.6 Å². The van der Waals surface area contributed by atoms with Crippen molar-refractivity contribution in [1.29, 1.82) is 0 Å². The van der Waals surface area contributed by atoms with Gasteiger partial charge in [0.15, 0.2) is 0 Å². The van der Waals surface area contributed by atoms with Crippen LogP contribution in [0, 0.1) is 0 Å². The second-order valence-corrected chi connectivity index (χ2v) is 6.26. The van der Waals surface area contributed by atoms with E-state index in [-0.39, 0.29) is 0 Å². The molecule has 1 atom stereocenters. The fourth-order valence-electron chi connectivity index (χ4n) is 2.06. The van der Waals surface area contributed by atoms with Gasteiger partial charge in [0.05, 0.1) is 0 Å². The Kier molecular flexibility index (Phi) is 5.68. The summed E-state index contributed by atoms with van der Waals surface area (Å²) in [6, 6.07) is 8.57. The lowest BCUT2D eigenvalue weighted by Gasteiger charge is -2.35. The molecule has 0 aliphatic heterocycles. The molecule has 2 N–H and O–H groups in total. The number of benzene rings is 1. The smallest absolute Gasteiger partial charge is 0.148 e. The lowest BCUT2D eigenvalue weighted by Crippen LogP contribution is -2.39. The third-order valence-electron chi connectivity index (χ3n) is 2.58. The van der Waals surface area contributed by atoms with Crippen LogP contribution in [0.2, 0.25) is 0 Å². The van der Waals surface area contributed by atoms with Gasteiger partial charge < -0.3 is 9.79 Å². The van der Waals surface area contributed by atoms with Crippen molar-refractivity contribution in [1.82, 2.24) is 4.61 Å². The van der Waals surface area contributed by atoms with Gasteiger partial charge >= 0.3 is 0 Å². The predicted octanol–water partition coefficient (Wildman–Crippen LogP) is 2.98. The Morgan fingerprint density at radius 1 is 1.18 bits per heavy atom. The van der Waals surface area contributed by atoms with Crippen LogP contribution >= 0.6 is 20.1 Å². The van der Waals surface area contributed by atoms with Gasteiger partial charge in [0.1, 0.15) is 8.30 Å². The van der Waals surface area contributed by atoms with Crippen molar-refractivity contribution in [2.45, 2.75) is 39.8 Å². The van der Waals surface area contributed by atoms with Crippen molar-refractivity contribution >= 4 is 31.1 Å². The van der Waals surface area contributed by atoms with Gasteiger partial charge in [-0.2, -0.15) is 4.61 Å². The lowest BCUT2D eigenvalue weighted by atomic mass is 10.2. The normalized spacial score (nSPS) is 13.2. The van der Waals surface area contributed by atoms with Gasteiger partial charge in [0.2, 0.25) is 0 Å². The van der Waals surface area contributed by atoms with Crippen LogP contribution in [0.25, 0.3) is 0 Å². The Bertz CT molecular complexity index is 352. The highest BCUT2D eigenvalue weighted by Crippen LogP contribution is 2.31. The summed E-state index contributed by atoms with van der Waals surface area (Å²) in [6.45, 7) is 8.57. The second kappa shape index (κ2) is 6.55. The van der Waals surface area contributed by atoms with Crippen LogP contribution in [0.4, 0.5) is 5.69 Å². The highest BCUT2D eigenvalue weighted by molar-refractivity contribution is 7.59. The number of hydrogen-bond donors (Lipinski definition) is 2. The first-order valence-electron chi connectivity index (χ1n) is 5.71. The van der Waals surface area contributed by atoms with E-state index in [4.69, 9.17) is 11.8 Å². The molecular formula is C12H20ClN2OP. The Morgan fingerprint density at radius 2 is 1.71 bits per heavy atom. The number of nitrogens with one attached hydrogen (secondary N) is 1. The summed E-state index contributed by atoms with van der Waals surface area (Å²) in [4.78, 5) is 12.2. The molecule has 5 heteroatoms. The number of para-hydroxylation sites is 1. The minimum atomic E-state index is -1.50. The monoisotopic (exact) mass is 274 g/mol. The maximum atomic E-state index is 9.92. The zero-order valence-corrected chi connectivity index (χ0v) is 12.3. The lowest BCUT2D eigenvalue weighted by molar-refractivity contribution is 0.607. The van der Waals surface area contributed by atoms with E-state index < -0.39 is 8.30 Å². The molecule has 1 aromatic rings. The largest absolute Gasteiger partial charge is 0.366 e. The Hall–Kier alpha value is -0.340. The zero-order chi connectivity index (χ0) is 13.0. The third-order valence-corrected chi connectivity index (χ3v) is 4.06. The average molecular weight is 275 g/mol. The van der Waals surface area contributed by atoms with Gasteiger partial charge in [0, 0.05) is 23.1 Å². The number of hydrogen-bond acceptors (Lipinski definition) is 3. The van der Waals surface area contributed by atoms with Gasteiger partial charge in [-0.25, -0.2) is 0 Å². The summed E-state index contributed by atoms with van der Waals surface area (Å²) in [5.41, 5.74) is 1.04. The molecule has 3 nitrogen and oxygen atoms in total. The van der Waals surface area contributed by atoms with E-state index in [9.17, 15) is 4.89 Å². The van der Waals surface area contributed by atoms with E-state index in [1.165, 1.54) is 0 Å². The Labute approximate surface area is 110 Å². The molecule has 0 heterocycles. The molecular weight excluding hydrogens is 255 g/mol. The van der Waals surface area contributed by atoms with Crippen molar-refractivity contribution in [2.24, 2.45) is 0 Å². The standard InChI is InChI=1S/C12H20ClN2OP/c1-9(2)15(10(3)4)11-7-5-6-8-12(11)17(16)14-13/h5-10,14,16H,1-4H3. The van der Waals surface area contributed by atoms with Crippen molar-refractivity contribution in [3.63, 3.8) is 0 Å². The molecule has 0 fully saturated rings. The van der Waals surface area contributed by atoms with Gasteiger partial charge in [0.25, 0.3) is 0 Å². The van der Waals surface area contributed by atoms with Gasteiger partial charge in [-0.1, -0.05) is 12.1 Å². The van der Waals surface area contributed by atoms with Crippen molar-refractivity contribution in [2.75, 3.05) is 4.90 Å². The van der Waals surface area contributed by atoms with E-state index in [1.54, 1.807) is 0 Å². The second-order valence-electron chi connectivity index (χ2n) is 4.48. The number of nitrogens with zero attached hydrogens (tertiary/aromatic N) is 1. The van der Waals surface area contributed by atoms with Crippen LogP contribution in [-0.2, 0) is 0 Å². The molecule has 1 unspecified atom stereocenters. The molecule has 96 valence electrons. The summed E-state index contributed by atoms with van der Waals surface area (Å²) in [5.74, 6) is 0. The van der Waals surface area contributed by atoms with Crippen LogP contribution in [0.5, 0.6) is 0 Å². The first-order chi connectivity index (χ1) is 7.99. The molecule has 0 amide bonds. The van der Waals surface area contributed by atoms with Crippen molar-refractivity contribution < 1.29 is 4.89 Å². The van der Waals surface area contributed by atoms with E-state index in [0.29, 0.717) is 12.1 Å². The van der Waals surface area contributed by atoms with E-state index in [1.807, 2.05) is 24.3 Å². The highest BCUT2D eigenvalue weighted by Gasteiger charge is 2.20. The van der Waals surface area contributed by atoms with Crippen molar-refractivity contribution in [3.05, 3.63) is 24.3 Å². The van der Waals surface area contributed by atoms with E-state index >= 15 is 0 Å². The van der Waals surface area contributed by atoms with E-state index in [0.717, 1.165) is 11.0 Å². The summed E-state index contributed by atoms with van der Waals surface area (Å²) in [6.07, 6.45) is 0. The fraction of sp³-hybridized carbons (Fsp3) is 0.500. The molecule has 0 aliphatic carbocycles. The average Bonchev–Trinajstić information content (AvgIpc) is 2.28. The van der Waals surface area contributed by atoms with Crippen LogP contribution in [0.1, 0.15) is 27.7 Å². The molecule has 1 aromatic carbocycles. The third kappa shape index (κ3) is 3.56. The van der Waals surface area contributed by atoms with Crippen molar-refractivity contribution in [3.8, 4) is 0 Å². The maximum absolute atomic E-state index is 9.92. The SMILES string of the molecule is CC(C)N(c1ccccc1P(O)NCl)C(C)C. The summed E-state index contributed by atoms with van der Waals surface area (Å²) in [7, 11) is -1.50. The molecule has 17 heavy (non-hydrogen) atoms. The molecule has 0 spiro atoms. The molecule has 0 bridgehead atoms. The van der Waals surface area contributed by atoms with E-state index in [2.05, 4.69) is 37.2 Å². The first-order valence-corrected chi connectivity index (χ1v) is 7.39. The molecule has 0 radical (unpaired) electrons. The maximum Gasteiger partial charge on any atom is 0.148 e. The number of halogens is 1. The number of rotatable bonds is 5. The molecule has 1 rings (SSSR count). The fourth-order valence-corrected chi connectivity index (χ4v) is 3.06. The van der Waals surface area contributed by atoms with Gasteiger partial charge in [-0.3, -0.25) is 0 Å². The Balaban J connectivity index is 3.18. The topological polar surface area (TPSA) is 35.5 Å². The summed E-state index contributed by atoms with van der Waals surface area (Å²) < 4.78 is 2.42. The predicted molar refractivity (Wildman–Crippen MR) is 77.0 cm³/mol. The molecule has 0 aliphatic rings. The van der Waals surface area contributed by atoms with Crippen LogP contribution in [0.15, 0.2) is 24.3 Å². The minimum absolute atomic E-state index is 0.370. The number of anilines is 1. The first kappa shape index (κ1) is 14.7.